The van der Waals surface area contributed by atoms with Gasteiger partial charge in [0.15, 0.2) is 0 Å². The number of nitrogens with zero attached hydrogens (tertiary/aromatic N) is 2. The van der Waals surface area contributed by atoms with Gasteiger partial charge in [-0.2, -0.15) is 0 Å². The van der Waals surface area contributed by atoms with Crippen LogP contribution >= 0.6 is 0 Å². The van der Waals surface area contributed by atoms with Gasteiger partial charge in [-0.05, 0) is 31.9 Å². The van der Waals surface area contributed by atoms with Crippen LogP contribution in [0.15, 0.2) is 24.3 Å². The van der Waals surface area contributed by atoms with Gasteiger partial charge in [0.05, 0.1) is 24.0 Å². The zero-order valence-corrected chi connectivity index (χ0v) is 14.2. The highest BCUT2D eigenvalue weighted by molar-refractivity contribution is 6.02. The molecule has 6 nitrogen and oxygen atoms in total. The lowest BCUT2D eigenvalue weighted by atomic mass is 10.2. The molecule has 1 unspecified atom stereocenters. The highest BCUT2D eigenvalue weighted by Crippen LogP contribution is 2.29. The number of carbonyl (C=O) groups excluding carboxylic acids is 2. The minimum Gasteiger partial charge on any atom is -0.377 e. The SMILES string of the molecule is CC1CN(CC(=O)Nc2ccccc2N2CCCC2=O)CCCO1. The van der Waals surface area contributed by atoms with Gasteiger partial charge in [0.1, 0.15) is 0 Å². The molecule has 2 amide bonds. The smallest absolute Gasteiger partial charge is 0.238 e. The molecule has 2 aliphatic heterocycles. The fourth-order valence-electron chi connectivity index (χ4n) is 3.33. The Balaban J connectivity index is 1.65. The topological polar surface area (TPSA) is 61.9 Å². The summed E-state index contributed by atoms with van der Waals surface area (Å²) in [6.07, 6.45) is 2.53. The van der Waals surface area contributed by atoms with Crippen molar-refractivity contribution in [3.63, 3.8) is 0 Å². The van der Waals surface area contributed by atoms with Crippen molar-refractivity contribution in [3.05, 3.63) is 24.3 Å². The second-order valence-electron chi connectivity index (χ2n) is 6.48. The average Bonchev–Trinajstić information content (AvgIpc) is 2.87. The molecule has 1 aromatic carbocycles. The van der Waals surface area contributed by atoms with Gasteiger partial charge in [-0.1, -0.05) is 12.1 Å². The molecule has 0 bridgehead atoms. The molecule has 2 fully saturated rings. The summed E-state index contributed by atoms with van der Waals surface area (Å²) in [5.74, 6) is 0.0680. The number of ether oxygens (including phenoxy) is 1. The van der Waals surface area contributed by atoms with E-state index in [1.807, 2.05) is 31.2 Å². The largest absolute Gasteiger partial charge is 0.377 e. The molecule has 1 atom stereocenters. The molecule has 0 spiro atoms. The molecule has 130 valence electrons. The molecule has 0 aliphatic carbocycles. The van der Waals surface area contributed by atoms with Crippen LogP contribution in [0.1, 0.15) is 26.2 Å². The standard InChI is InChI=1S/C18H25N3O3/c1-14-12-20(9-5-11-24-14)13-17(22)19-15-6-2-3-7-16(15)21-10-4-8-18(21)23/h2-3,6-7,14H,4-5,8-13H2,1H3,(H,19,22). The minimum atomic E-state index is -0.0526. The summed E-state index contributed by atoms with van der Waals surface area (Å²) in [4.78, 5) is 28.3. The van der Waals surface area contributed by atoms with Gasteiger partial charge in [0, 0.05) is 32.7 Å². The Morgan fingerprint density at radius 3 is 2.92 bits per heavy atom. The Morgan fingerprint density at radius 2 is 2.12 bits per heavy atom. The van der Waals surface area contributed by atoms with Gasteiger partial charge in [-0.25, -0.2) is 0 Å². The number of nitrogens with one attached hydrogen (secondary N) is 1. The van der Waals surface area contributed by atoms with Crippen LogP contribution in [0.2, 0.25) is 0 Å². The van der Waals surface area contributed by atoms with Crippen molar-refractivity contribution in [3.8, 4) is 0 Å². The van der Waals surface area contributed by atoms with Crippen LogP contribution in [-0.4, -0.2) is 55.6 Å². The third kappa shape index (κ3) is 4.13. The molecule has 2 heterocycles. The quantitative estimate of drug-likeness (QED) is 0.915. The maximum Gasteiger partial charge on any atom is 0.238 e. The van der Waals surface area contributed by atoms with E-state index in [2.05, 4.69) is 10.2 Å². The van der Waals surface area contributed by atoms with Gasteiger partial charge in [-0.15, -0.1) is 0 Å². The summed E-state index contributed by atoms with van der Waals surface area (Å²) >= 11 is 0. The molecule has 1 aromatic rings. The van der Waals surface area contributed by atoms with Gasteiger partial charge < -0.3 is 15.0 Å². The van der Waals surface area contributed by atoms with Crippen LogP contribution in [0.3, 0.4) is 0 Å². The normalized spacial score (nSPS) is 22.5. The van der Waals surface area contributed by atoms with Crippen molar-refractivity contribution in [2.45, 2.75) is 32.3 Å². The van der Waals surface area contributed by atoms with Gasteiger partial charge in [0.25, 0.3) is 0 Å². The number of rotatable bonds is 4. The van der Waals surface area contributed by atoms with Crippen molar-refractivity contribution in [2.24, 2.45) is 0 Å². The van der Waals surface area contributed by atoms with E-state index in [-0.39, 0.29) is 17.9 Å². The van der Waals surface area contributed by atoms with E-state index in [1.54, 1.807) is 4.90 Å². The van der Waals surface area contributed by atoms with E-state index < -0.39 is 0 Å². The molecule has 2 saturated heterocycles. The van der Waals surface area contributed by atoms with Gasteiger partial charge >= 0.3 is 0 Å². The summed E-state index contributed by atoms with van der Waals surface area (Å²) in [5, 5.41) is 2.98. The number of benzene rings is 1. The van der Waals surface area contributed by atoms with Crippen molar-refractivity contribution in [1.82, 2.24) is 4.90 Å². The summed E-state index contributed by atoms with van der Waals surface area (Å²) in [6.45, 7) is 5.47. The Hall–Kier alpha value is -1.92. The maximum absolute atomic E-state index is 12.5. The van der Waals surface area contributed by atoms with E-state index >= 15 is 0 Å². The van der Waals surface area contributed by atoms with Crippen molar-refractivity contribution >= 4 is 23.2 Å². The van der Waals surface area contributed by atoms with E-state index in [9.17, 15) is 9.59 Å². The average molecular weight is 331 g/mol. The first kappa shape index (κ1) is 16.9. The van der Waals surface area contributed by atoms with Crippen molar-refractivity contribution < 1.29 is 14.3 Å². The first-order valence-electron chi connectivity index (χ1n) is 8.66. The lowest BCUT2D eigenvalue weighted by Gasteiger charge is -2.23. The van der Waals surface area contributed by atoms with E-state index in [0.717, 1.165) is 38.2 Å². The second-order valence-corrected chi connectivity index (χ2v) is 6.48. The van der Waals surface area contributed by atoms with Crippen molar-refractivity contribution in [1.29, 1.82) is 0 Å². The predicted molar refractivity (Wildman–Crippen MR) is 93.1 cm³/mol. The number of hydrogen-bond donors (Lipinski definition) is 1. The molecule has 0 aromatic heterocycles. The van der Waals surface area contributed by atoms with Crippen molar-refractivity contribution in [2.75, 3.05) is 43.0 Å². The molecule has 0 radical (unpaired) electrons. The highest BCUT2D eigenvalue weighted by atomic mass is 16.5. The van der Waals surface area contributed by atoms with Crippen LogP contribution in [-0.2, 0) is 14.3 Å². The van der Waals surface area contributed by atoms with Crippen LogP contribution in [0.5, 0.6) is 0 Å². The number of carbonyl (C=O) groups is 2. The third-order valence-corrected chi connectivity index (χ3v) is 4.45. The third-order valence-electron chi connectivity index (χ3n) is 4.45. The molecule has 3 rings (SSSR count). The number of anilines is 2. The molecule has 0 saturated carbocycles. The molecule has 2 aliphatic rings. The number of amides is 2. The minimum absolute atomic E-state index is 0.0526. The van der Waals surface area contributed by atoms with E-state index in [4.69, 9.17) is 4.74 Å². The zero-order chi connectivity index (χ0) is 16.9. The second kappa shape index (κ2) is 7.77. The lowest BCUT2D eigenvalue weighted by Crippen LogP contribution is -2.37. The van der Waals surface area contributed by atoms with Gasteiger partial charge in [-0.3, -0.25) is 14.5 Å². The molecular formula is C18H25N3O3. The lowest BCUT2D eigenvalue weighted by molar-refractivity contribution is -0.118. The molecule has 24 heavy (non-hydrogen) atoms. The Morgan fingerprint density at radius 1 is 1.29 bits per heavy atom. The summed E-state index contributed by atoms with van der Waals surface area (Å²) in [7, 11) is 0. The molecule has 6 heteroatoms. The highest BCUT2D eigenvalue weighted by Gasteiger charge is 2.24. The monoisotopic (exact) mass is 331 g/mol. The molecule has 1 N–H and O–H groups in total. The maximum atomic E-state index is 12.5. The fourth-order valence-corrected chi connectivity index (χ4v) is 3.33. The summed E-state index contributed by atoms with van der Waals surface area (Å²) < 4.78 is 5.61. The first-order chi connectivity index (χ1) is 11.6. The predicted octanol–water partition coefficient (Wildman–Crippen LogP) is 1.86. The Kier molecular flexibility index (Phi) is 5.48. The first-order valence-corrected chi connectivity index (χ1v) is 8.66. The Bertz CT molecular complexity index is 605. The van der Waals surface area contributed by atoms with Crippen LogP contribution in [0.4, 0.5) is 11.4 Å². The number of para-hydroxylation sites is 2. The van der Waals surface area contributed by atoms with Crippen LogP contribution < -0.4 is 10.2 Å². The van der Waals surface area contributed by atoms with Gasteiger partial charge in [0.2, 0.25) is 11.8 Å². The Labute approximate surface area is 142 Å². The summed E-state index contributed by atoms with van der Waals surface area (Å²) in [6, 6.07) is 7.51. The van der Waals surface area contributed by atoms with Crippen LogP contribution in [0.25, 0.3) is 0 Å². The van der Waals surface area contributed by atoms with E-state index in [1.165, 1.54) is 0 Å². The molecular weight excluding hydrogens is 306 g/mol. The fraction of sp³-hybridized carbons (Fsp3) is 0.556. The summed E-state index contributed by atoms with van der Waals surface area (Å²) in [5.41, 5.74) is 1.50. The van der Waals surface area contributed by atoms with Crippen LogP contribution in [0, 0.1) is 0 Å². The van der Waals surface area contributed by atoms with E-state index in [0.29, 0.717) is 25.2 Å². The zero-order valence-electron chi connectivity index (χ0n) is 14.2. The number of hydrogen-bond acceptors (Lipinski definition) is 4.